The fourth-order valence-electron chi connectivity index (χ4n) is 0.838. The minimum absolute atomic E-state index is 0. The molecule has 1 amide bonds. The molecule has 1 rings (SSSR count). The topological polar surface area (TPSA) is 70.3 Å². The Morgan fingerprint density at radius 1 is 1.57 bits per heavy atom. The van der Waals surface area contributed by atoms with E-state index < -0.39 is 5.60 Å². The van der Waals surface area contributed by atoms with Crippen LogP contribution in [0.4, 0.5) is 4.79 Å². The molecule has 1 fully saturated rings. The van der Waals surface area contributed by atoms with Gasteiger partial charge in [0.05, 0.1) is 12.6 Å². The van der Waals surface area contributed by atoms with E-state index in [0.29, 0.717) is 6.54 Å². The molecule has 0 aromatic rings. The molecule has 0 aromatic carbocycles. The van der Waals surface area contributed by atoms with Crippen LogP contribution in [0.2, 0.25) is 0 Å². The maximum Gasteiger partial charge on any atom is 0.422 e. The highest BCUT2D eigenvalue weighted by Crippen LogP contribution is 2.25. The van der Waals surface area contributed by atoms with Crippen LogP contribution in [0.25, 0.3) is 0 Å². The predicted molar refractivity (Wildman–Crippen MR) is 54.7 cm³/mol. The number of rotatable bonds is 0. The van der Waals surface area contributed by atoms with E-state index >= 15 is 0 Å². The fourth-order valence-corrected chi connectivity index (χ4v) is 1.52. The largest absolute Gasteiger partial charge is 0.443 e. The van der Waals surface area contributed by atoms with Gasteiger partial charge >= 0.3 is 6.09 Å². The second-order valence-corrected chi connectivity index (χ2v) is 4.81. The number of carbonyl (C=O) groups is 1. The number of hydrogen-bond donors (Lipinski definition) is 0. The minimum atomic E-state index is -0.441. The van der Waals surface area contributed by atoms with Gasteiger partial charge in [0, 0.05) is 0 Å². The van der Waals surface area contributed by atoms with E-state index in [0.717, 1.165) is 12.2 Å². The maximum atomic E-state index is 11.4. The molecule has 5 nitrogen and oxygen atoms in total. The zero-order valence-electron chi connectivity index (χ0n) is 8.86. The normalized spacial score (nSPS) is 21.7. The molecule has 0 aliphatic carbocycles. The van der Waals surface area contributed by atoms with Crippen molar-refractivity contribution < 1.29 is 19.2 Å². The van der Waals surface area contributed by atoms with Crippen LogP contribution in [0.15, 0.2) is 0 Å². The van der Waals surface area contributed by atoms with Gasteiger partial charge in [-0.25, -0.2) is 9.10 Å². The van der Waals surface area contributed by atoms with E-state index in [4.69, 9.17) is 8.92 Å². The summed E-state index contributed by atoms with van der Waals surface area (Å²) in [6, 6.07) is 0. The quantitative estimate of drug-likeness (QED) is 0.459. The van der Waals surface area contributed by atoms with Gasteiger partial charge in [0.2, 0.25) is 0 Å². The van der Waals surface area contributed by atoms with Gasteiger partial charge in [-0.3, -0.25) is 4.18 Å². The molecular weight excluding hydrogens is 206 g/mol. The van der Waals surface area contributed by atoms with Gasteiger partial charge in [0.25, 0.3) is 0 Å². The van der Waals surface area contributed by atoms with E-state index in [9.17, 15) is 4.79 Å². The highest BCUT2D eigenvalue weighted by atomic mass is 32.2. The molecule has 0 saturated carbocycles. The van der Waals surface area contributed by atoms with Crippen molar-refractivity contribution in [2.45, 2.75) is 39.4 Å². The monoisotopic (exact) mass is 223 g/mol. The second-order valence-electron chi connectivity index (χ2n) is 4.02. The molecule has 0 spiro atoms. The molecule has 1 heterocycles. The SMILES string of the molecule is CC1CN(C(=O)OC(C)(C)C)SO1.O. The van der Waals surface area contributed by atoms with Crippen molar-refractivity contribution >= 4 is 18.3 Å². The number of ether oxygens (including phenoxy) is 1. The van der Waals surface area contributed by atoms with Crippen molar-refractivity contribution in [3.8, 4) is 0 Å². The molecule has 0 bridgehead atoms. The third-order valence-electron chi connectivity index (χ3n) is 1.32. The molecule has 1 unspecified atom stereocenters. The zero-order chi connectivity index (χ0) is 10.1. The average Bonchev–Trinajstić information content (AvgIpc) is 2.31. The summed E-state index contributed by atoms with van der Waals surface area (Å²) in [6.45, 7) is 8.03. The lowest BCUT2D eigenvalue weighted by Gasteiger charge is -2.22. The Hall–Kier alpha value is -0.460. The third kappa shape index (κ3) is 4.17. The van der Waals surface area contributed by atoms with Crippen molar-refractivity contribution in [2.24, 2.45) is 0 Å². The van der Waals surface area contributed by atoms with Gasteiger partial charge < -0.3 is 10.2 Å². The summed E-state index contributed by atoms with van der Waals surface area (Å²) < 4.78 is 11.8. The van der Waals surface area contributed by atoms with E-state index in [1.165, 1.54) is 4.31 Å². The van der Waals surface area contributed by atoms with Crippen LogP contribution in [-0.2, 0) is 8.92 Å². The maximum absolute atomic E-state index is 11.4. The summed E-state index contributed by atoms with van der Waals surface area (Å²) in [5.74, 6) is 0. The van der Waals surface area contributed by atoms with E-state index in [-0.39, 0.29) is 17.7 Å². The van der Waals surface area contributed by atoms with Gasteiger partial charge in [-0.05, 0) is 27.7 Å². The van der Waals surface area contributed by atoms with Crippen LogP contribution in [-0.4, -0.2) is 34.1 Å². The van der Waals surface area contributed by atoms with Crippen molar-refractivity contribution in [2.75, 3.05) is 6.54 Å². The van der Waals surface area contributed by atoms with Gasteiger partial charge in [-0.1, -0.05) is 0 Å². The Morgan fingerprint density at radius 2 is 2.14 bits per heavy atom. The molecular formula is C8H17NO4S. The summed E-state index contributed by atoms with van der Waals surface area (Å²) in [5, 5.41) is 0. The lowest BCUT2D eigenvalue weighted by molar-refractivity contribution is 0.0408. The highest BCUT2D eigenvalue weighted by Gasteiger charge is 2.29. The van der Waals surface area contributed by atoms with Crippen LogP contribution in [0, 0.1) is 0 Å². The molecule has 6 heteroatoms. The van der Waals surface area contributed by atoms with Gasteiger partial charge in [-0.2, -0.15) is 0 Å². The Morgan fingerprint density at radius 3 is 2.50 bits per heavy atom. The van der Waals surface area contributed by atoms with Gasteiger partial charge in [0.1, 0.15) is 17.8 Å². The van der Waals surface area contributed by atoms with E-state index in [1.807, 2.05) is 27.7 Å². The molecule has 1 saturated heterocycles. The van der Waals surface area contributed by atoms with Crippen molar-refractivity contribution in [1.29, 1.82) is 0 Å². The first-order chi connectivity index (χ1) is 5.88. The lowest BCUT2D eigenvalue weighted by atomic mass is 10.2. The van der Waals surface area contributed by atoms with Crippen molar-refractivity contribution in [3.05, 3.63) is 0 Å². The van der Waals surface area contributed by atoms with Crippen LogP contribution in [0.1, 0.15) is 27.7 Å². The van der Waals surface area contributed by atoms with Crippen LogP contribution >= 0.6 is 12.2 Å². The Kier molecular flexibility index (Phi) is 4.70. The summed E-state index contributed by atoms with van der Waals surface area (Å²) in [6.07, 6.45) is -0.251. The van der Waals surface area contributed by atoms with Crippen molar-refractivity contribution in [3.63, 3.8) is 0 Å². The molecule has 1 aliphatic rings. The summed E-state index contributed by atoms with van der Waals surface area (Å²) in [5.41, 5.74) is -0.441. The first-order valence-electron chi connectivity index (χ1n) is 4.22. The zero-order valence-corrected chi connectivity index (χ0v) is 9.68. The molecule has 0 aromatic heterocycles. The number of nitrogens with zero attached hydrogens (tertiary/aromatic N) is 1. The third-order valence-corrected chi connectivity index (χ3v) is 2.21. The Balaban J connectivity index is 0.00000169. The first-order valence-corrected chi connectivity index (χ1v) is 4.92. The second kappa shape index (κ2) is 4.86. The fraction of sp³-hybridized carbons (Fsp3) is 0.875. The summed E-state index contributed by atoms with van der Waals surface area (Å²) in [7, 11) is 0. The Labute approximate surface area is 88.4 Å². The smallest absolute Gasteiger partial charge is 0.422 e. The van der Waals surface area contributed by atoms with Crippen LogP contribution in [0.3, 0.4) is 0 Å². The molecule has 1 aliphatic heterocycles. The lowest BCUT2D eigenvalue weighted by Crippen LogP contribution is -2.32. The van der Waals surface area contributed by atoms with E-state index in [1.54, 1.807) is 0 Å². The van der Waals surface area contributed by atoms with Crippen molar-refractivity contribution in [1.82, 2.24) is 4.31 Å². The first kappa shape index (κ1) is 13.5. The average molecular weight is 223 g/mol. The highest BCUT2D eigenvalue weighted by molar-refractivity contribution is 7.93. The molecule has 84 valence electrons. The summed E-state index contributed by atoms with van der Waals surface area (Å²) in [4.78, 5) is 11.4. The number of hydrogen-bond acceptors (Lipinski definition) is 4. The van der Waals surface area contributed by atoms with E-state index in [2.05, 4.69) is 0 Å². The number of carbonyl (C=O) groups excluding carboxylic acids is 1. The van der Waals surface area contributed by atoms with Crippen LogP contribution < -0.4 is 0 Å². The standard InChI is InChI=1S/C8H15NO3S.H2O/c1-6-5-9(13-12-6)7(10)11-8(2,3)4;/h6H,5H2,1-4H3;1H2. The minimum Gasteiger partial charge on any atom is -0.443 e. The number of amides is 1. The van der Waals surface area contributed by atoms with Crippen LogP contribution in [0.5, 0.6) is 0 Å². The molecule has 2 N–H and O–H groups in total. The Bertz CT molecular complexity index is 204. The molecule has 14 heavy (non-hydrogen) atoms. The predicted octanol–water partition coefficient (Wildman–Crippen LogP) is 1.38. The summed E-state index contributed by atoms with van der Waals surface area (Å²) >= 11 is 1.06. The van der Waals surface area contributed by atoms with Gasteiger partial charge in [0.15, 0.2) is 0 Å². The molecule has 0 radical (unpaired) electrons. The van der Waals surface area contributed by atoms with Gasteiger partial charge in [-0.15, -0.1) is 0 Å². The molecule has 1 atom stereocenters.